The molecule has 1 amide bonds. The largest absolute Gasteiger partial charge is 0.395 e. The van der Waals surface area contributed by atoms with E-state index in [4.69, 9.17) is 20.3 Å². The summed E-state index contributed by atoms with van der Waals surface area (Å²) in [5.41, 5.74) is 9.65. The number of amides is 1. The summed E-state index contributed by atoms with van der Waals surface area (Å²) in [6.07, 6.45) is 6.41. The number of rotatable bonds is 7. The van der Waals surface area contributed by atoms with Gasteiger partial charge in [-0.25, -0.2) is 9.97 Å². The Hall–Kier alpha value is -4.11. The van der Waals surface area contributed by atoms with E-state index in [9.17, 15) is 4.79 Å². The molecule has 0 aliphatic heterocycles. The van der Waals surface area contributed by atoms with E-state index in [1.165, 1.54) is 4.90 Å². The van der Waals surface area contributed by atoms with Crippen LogP contribution in [0.3, 0.4) is 0 Å². The molecule has 35 heavy (non-hydrogen) atoms. The Morgan fingerprint density at radius 1 is 1.03 bits per heavy atom. The Morgan fingerprint density at radius 2 is 1.69 bits per heavy atom. The molecule has 9 heteroatoms. The van der Waals surface area contributed by atoms with E-state index in [0.717, 1.165) is 41.5 Å². The third-order valence-corrected chi connectivity index (χ3v) is 6.66. The van der Waals surface area contributed by atoms with Crippen molar-refractivity contribution in [3.05, 3.63) is 77.9 Å². The lowest BCUT2D eigenvalue weighted by atomic mass is 9.64. The van der Waals surface area contributed by atoms with Gasteiger partial charge in [0.1, 0.15) is 0 Å². The minimum atomic E-state index is -0.277. The van der Waals surface area contributed by atoms with Crippen LogP contribution in [0.5, 0.6) is 0 Å². The highest BCUT2D eigenvalue weighted by Crippen LogP contribution is 2.48. The number of carbonyl (C=O) groups excluding carboxylic acids is 1. The molecule has 1 aliphatic carbocycles. The second-order valence-electron chi connectivity index (χ2n) is 8.79. The molecular formula is C26H26N6O3. The third kappa shape index (κ3) is 4.26. The molecule has 1 aliphatic rings. The summed E-state index contributed by atoms with van der Waals surface area (Å²) in [4.78, 5) is 26.8. The number of aliphatic hydroxyl groups excluding tert-OH is 1. The zero-order valence-corrected chi connectivity index (χ0v) is 19.4. The smallest absolute Gasteiger partial charge is 0.257 e. The maximum atomic E-state index is 12.4. The number of aliphatic hydroxyl groups is 1. The van der Waals surface area contributed by atoms with Crippen LogP contribution in [-0.4, -0.2) is 56.2 Å². The van der Waals surface area contributed by atoms with E-state index in [-0.39, 0.29) is 30.4 Å². The summed E-state index contributed by atoms with van der Waals surface area (Å²) in [7, 11) is 1.66. The monoisotopic (exact) mass is 470 g/mol. The molecule has 2 heterocycles. The van der Waals surface area contributed by atoms with Crippen molar-refractivity contribution in [3.8, 4) is 22.6 Å². The first kappa shape index (κ1) is 22.7. The van der Waals surface area contributed by atoms with E-state index in [1.54, 1.807) is 43.7 Å². The van der Waals surface area contributed by atoms with Gasteiger partial charge in [0.15, 0.2) is 5.82 Å². The van der Waals surface area contributed by atoms with Crippen molar-refractivity contribution in [3.63, 3.8) is 0 Å². The standard InChI is InChI=1S/C26H26N6O3/c1-32(13-14-33)23(34)19-5-3-18(4-6-19)22-30-24(31-35-22)26(11-2-12-26)21-9-7-17(8-10-21)20-15-28-25(27)29-16-20/h3-10,15-16,33H,2,11-14H2,1H3,(H2,27,28,29). The van der Waals surface area contributed by atoms with Crippen molar-refractivity contribution in [2.24, 2.45) is 0 Å². The molecule has 0 saturated heterocycles. The highest BCUT2D eigenvalue weighted by Gasteiger charge is 2.44. The summed E-state index contributed by atoms with van der Waals surface area (Å²) in [5.74, 6) is 1.19. The van der Waals surface area contributed by atoms with Crippen LogP contribution in [-0.2, 0) is 5.41 Å². The lowest BCUT2D eigenvalue weighted by Crippen LogP contribution is -2.36. The SMILES string of the molecule is CN(CCO)C(=O)c1ccc(-c2nc(C3(c4ccc(-c5cnc(N)nc5)cc4)CCC3)no2)cc1. The van der Waals surface area contributed by atoms with Gasteiger partial charge in [0.05, 0.1) is 12.0 Å². The van der Waals surface area contributed by atoms with Gasteiger partial charge in [0.25, 0.3) is 11.8 Å². The van der Waals surface area contributed by atoms with Gasteiger partial charge in [0.2, 0.25) is 5.95 Å². The van der Waals surface area contributed by atoms with Gasteiger partial charge >= 0.3 is 0 Å². The number of hydrogen-bond acceptors (Lipinski definition) is 8. The summed E-state index contributed by atoms with van der Waals surface area (Å²) in [5, 5.41) is 13.4. The number of likely N-dealkylation sites (N-methyl/N-ethyl adjacent to an activating group) is 1. The molecule has 4 aromatic rings. The van der Waals surface area contributed by atoms with Crippen LogP contribution in [0, 0.1) is 0 Å². The molecule has 9 nitrogen and oxygen atoms in total. The fourth-order valence-electron chi connectivity index (χ4n) is 4.40. The van der Waals surface area contributed by atoms with E-state index >= 15 is 0 Å². The highest BCUT2D eigenvalue weighted by atomic mass is 16.5. The minimum Gasteiger partial charge on any atom is -0.395 e. The van der Waals surface area contributed by atoms with Crippen molar-refractivity contribution in [1.82, 2.24) is 25.0 Å². The van der Waals surface area contributed by atoms with Gasteiger partial charge in [-0.2, -0.15) is 4.98 Å². The van der Waals surface area contributed by atoms with E-state index in [0.29, 0.717) is 17.3 Å². The normalized spacial score (nSPS) is 14.3. The van der Waals surface area contributed by atoms with Crippen molar-refractivity contribution in [1.29, 1.82) is 0 Å². The predicted octanol–water partition coefficient (Wildman–Crippen LogP) is 3.31. The zero-order valence-electron chi connectivity index (χ0n) is 19.4. The molecular weight excluding hydrogens is 444 g/mol. The van der Waals surface area contributed by atoms with E-state index < -0.39 is 0 Å². The van der Waals surface area contributed by atoms with Crippen molar-refractivity contribution in [2.45, 2.75) is 24.7 Å². The zero-order chi connectivity index (χ0) is 24.4. The van der Waals surface area contributed by atoms with Crippen LogP contribution in [0.25, 0.3) is 22.6 Å². The molecule has 3 N–H and O–H groups in total. The van der Waals surface area contributed by atoms with Gasteiger partial charge in [-0.05, 0) is 48.2 Å². The summed E-state index contributed by atoms with van der Waals surface area (Å²) in [6, 6.07) is 15.4. The number of nitrogens with zero attached hydrogens (tertiary/aromatic N) is 5. The average Bonchev–Trinajstić information content (AvgIpc) is 3.34. The number of aromatic nitrogens is 4. The summed E-state index contributed by atoms with van der Waals surface area (Å²) in [6.45, 7) is 0.204. The quantitative estimate of drug-likeness (QED) is 0.421. The van der Waals surface area contributed by atoms with Gasteiger partial charge in [-0.3, -0.25) is 4.79 Å². The number of nitrogens with two attached hydrogens (primary N) is 1. The Labute approximate surface area is 202 Å². The molecule has 0 spiro atoms. The summed E-state index contributed by atoms with van der Waals surface area (Å²) < 4.78 is 5.63. The second kappa shape index (κ2) is 9.27. The Bertz CT molecular complexity index is 1310. The molecule has 0 atom stereocenters. The van der Waals surface area contributed by atoms with Crippen LogP contribution in [0.1, 0.15) is 41.0 Å². The first-order chi connectivity index (χ1) is 17.0. The molecule has 0 unspecified atom stereocenters. The van der Waals surface area contributed by atoms with E-state index in [2.05, 4.69) is 39.4 Å². The summed E-state index contributed by atoms with van der Waals surface area (Å²) >= 11 is 0. The van der Waals surface area contributed by atoms with Crippen LogP contribution < -0.4 is 5.73 Å². The highest BCUT2D eigenvalue weighted by molar-refractivity contribution is 5.94. The number of nitrogen functional groups attached to an aromatic ring is 1. The molecule has 5 rings (SSSR count). The van der Waals surface area contributed by atoms with Crippen molar-refractivity contribution in [2.75, 3.05) is 25.9 Å². The number of carbonyl (C=O) groups is 1. The average molecular weight is 471 g/mol. The van der Waals surface area contributed by atoms with Gasteiger partial charge in [-0.15, -0.1) is 0 Å². The van der Waals surface area contributed by atoms with Gasteiger partial charge < -0.3 is 20.3 Å². The minimum absolute atomic E-state index is 0.0780. The fraction of sp³-hybridized carbons (Fsp3) is 0.269. The lowest BCUT2D eigenvalue weighted by molar-refractivity contribution is 0.0767. The third-order valence-electron chi connectivity index (χ3n) is 6.66. The number of anilines is 1. The van der Waals surface area contributed by atoms with E-state index in [1.807, 2.05) is 0 Å². The van der Waals surface area contributed by atoms with Crippen LogP contribution in [0.2, 0.25) is 0 Å². The Balaban J connectivity index is 1.37. The molecule has 1 fully saturated rings. The topological polar surface area (TPSA) is 131 Å². The Kier molecular flexibility index (Phi) is 6.00. The molecule has 0 radical (unpaired) electrons. The molecule has 1 saturated carbocycles. The number of benzene rings is 2. The molecule has 178 valence electrons. The van der Waals surface area contributed by atoms with Crippen molar-refractivity contribution >= 4 is 11.9 Å². The van der Waals surface area contributed by atoms with Crippen LogP contribution in [0.4, 0.5) is 5.95 Å². The molecule has 2 aromatic carbocycles. The first-order valence-electron chi connectivity index (χ1n) is 11.5. The van der Waals surface area contributed by atoms with Crippen LogP contribution in [0.15, 0.2) is 65.4 Å². The lowest BCUT2D eigenvalue weighted by Gasteiger charge is -2.39. The van der Waals surface area contributed by atoms with Gasteiger partial charge in [-0.1, -0.05) is 35.8 Å². The van der Waals surface area contributed by atoms with Crippen molar-refractivity contribution < 1.29 is 14.4 Å². The first-order valence-corrected chi connectivity index (χ1v) is 11.5. The van der Waals surface area contributed by atoms with Crippen LogP contribution >= 0.6 is 0 Å². The second-order valence-corrected chi connectivity index (χ2v) is 8.79. The molecule has 0 bridgehead atoms. The molecule has 2 aromatic heterocycles. The Morgan fingerprint density at radius 3 is 2.29 bits per heavy atom. The maximum absolute atomic E-state index is 12.4. The number of hydrogen-bond donors (Lipinski definition) is 2. The fourth-order valence-corrected chi connectivity index (χ4v) is 4.40. The predicted molar refractivity (Wildman–Crippen MR) is 130 cm³/mol. The van der Waals surface area contributed by atoms with Gasteiger partial charge in [0, 0.05) is 42.7 Å². The maximum Gasteiger partial charge on any atom is 0.257 e.